The second-order valence-corrected chi connectivity index (χ2v) is 8.71. The van der Waals surface area contributed by atoms with Gasteiger partial charge in [0.1, 0.15) is 0 Å². The van der Waals surface area contributed by atoms with E-state index in [1.807, 2.05) is 0 Å². The standard InChI is InChI=1S/C20H35N3O2/c24-19(18-14-16-6-2-3-7-17(16)22-18)21-15-20(8-4-1-5-9-20)23-10-12-25-13-11-23/h16-18,22H,1-15H2,(H,21,24). The molecule has 0 aromatic carbocycles. The maximum Gasteiger partial charge on any atom is 0.237 e. The minimum absolute atomic E-state index is 0.0402. The lowest BCUT2D eigenvalue weighted by Crippen LogP contribution is -2.60. The fourth-order valence-corrected chi connectivity index (χ4v) is 5.75. The number of nitrogens with one attached hydrogen (secondary N) is 2. The Morgan fingerprint density at radius 2 is 1.84 bits per heavy atom. The highest BCUT2D eigenvalue weighted by molar-refractivity contribution is 5.82. The molecule has 3 atom stereocenters. The molecule has 5 nitrogen and oxygen atoms in total. The van der Waals surface area contributed by atoms with Crippen molar-refractivity contribution < 1.29 is 9.53 Å². The van der Waals surface area contributed by atoms with Crippen molar-refractivity contribution >= 4 is 5.91 Å². The minimum Gasteiger partial charge on any atom is -0.379 e. The van der Waals surface area contributed by atoms with Crippen LogP contribution in [0.3, 0.4) is 0 Å². The molecule has 25 heavy (non-hydrogen) atoms. The van der Waals surface area contributed by atoms with Crippen molar-refractivity contribution in [1.29, 1.82) is 0 Å². The number of rotatable bonds is 4. The molecule has 1 amide bonds. The first-order valence-electron chi connectivity index (χ1n) is 10.6. The molecule has 3 unspecified atom stereocenters. The summed E-state index contributed by atoms with van der Waals surface area (Å²) in [7, 11) is 0. The molecular formula is C20H35N3O2. The third kappa shape index (κ3) is 3.88. The van der Waals surface area contributed by atoms with Crippen LogP contribution in [0.4, 0.5) is 0 Å². The van der Waals surface area contributed by atoms with E-state index in [0.717, 1.165) is 45.2 Å². The van der Waals surface area contributed by atoms with E-state index >= 15 is 0 Å². The molecule has 2 aliphatic heterocycles. The van der Waals surface area contributed by atoms with Gasteiger partial charge in [-0.15, -0.1) is 0 Å². The van der Waals surface area contributed by atoms with Crippen LogP contribution in [0.1, 0.15) is 64.2 Å². The molecule has 0 aromatic heterocycles. The van der Waals surface area contributed by atoms with Crippen LogP contribution >= 0.6 is 0 Å². The van der Waals surface area contributed by atoms with Gasteiger partial charge in [0.25, 0.3) is 0 Å². The summed E-state index contributed by atoms with van der Waals surface area (Å²) in [4.78, 5) is 15.4. The summed E-state index contributed by atoms with van der Waals surface area (Å²) in [5, 5.41) is 6.99. The summed E-state index contributed by atoms with van der Waals surface area (Å²) >= 11 is 0. The van der Waals surface area contributed by atoms with Crippen molar-refractivity contribution in [2.45, 2.75) is 81.8 Å². The molecule has 0 aromatic rings. The molecule has 0 spiro atoms. The number of ether oxygens (including phenoxy) is 1. The van der Waals surface area contributed by atoms with Gasteiger partial charge in [-0.25, -0.2) is 0 Å². The Morgan fingerprint density at radius 1 is 1.08 bits per heavy atom. The third-order valence-electron chi connectivity index (χ3n) is 7.24. The van der Waals surface area contributed by atoms with E-state index in [2.05, 4.69) is 15.5 Å². The fraction of sp³-hybridized carbons (Fsp3) is 0.950. The first-order valence-corrected chi connectivity index (χ1v) is 10.6. The first kappa shape index (κ1) is 17.7. The van der Waals surface area contributed by atoms with Crippen LogP contribution in [0.5, 0.6) is 0 Å². The predicted octanol–water partition coefficient (Wildman–Crippen LogP) is 2.06. The molecule has 2 aliphatic carbocycles. The molecule has 5 heteroatoms. The zero-order valence-electron chi connectivity index (χ0n) is 15.6. The van der Waals surface area contributed by atoms with Gasteiger partial charge in [-0.3, -0.25) is 9.69 Å². The lowest BCUT2D eigenvalue weighted by Gasteiger charge is -2.48. The van der Waals surface area contributed by atoms with E-state index in [4.69, 9.17) is 4.74 Å². The number of hydrogen-bond acceptors (Lipinski definition) is 4. The monoisotopic (exact) mass is 349 g/mol. The Hall–Kier alpha value is -0.650. The molecule has 4 fully saturated rings. The van der Waals surface area contributed by atoms with Crippen LogP contribution in [0.15, 0.2) is 0 Å². The van der Waals surface area contributed by atoms with Crippen LogP contribution in [-0.2, 0) is 9.53 Å². The van der Waals surface area contributed by atoms with Gasteiger partial charge in [-0.05, 0) is 38.0 Å². The highest BCUT2D eigenvalue weighted by Gasteiger charge is 2.41. The Morgan fingerprint density at radius 3 is 2.60 bits per heavy atom. The molecule has 2 saturated carbocycles. The van der Waals surface area contributed by atoms with Gasteiger partial charge in [0, 0.05) is 31.2 Å². The predicted molar refractivity (Wildman–Crippen MR) is 98.5 cm³/mol. The highest BCUT2D eigenvalue weighted by atomic mass is 16.5. The Balaban J connectivity index is 1.35. The molecule has 4 aliphatic rings. The van der Waals surface area contributed by atoms with Crippen molar-refractivity contribution in [3.63, 3.8) is 0 Å². The Bertz CT molecular complexity index is 444. The van der Waals surface area contributed by atoms with Crippen molar-refractivity contribution in [3.8, 4) is 0 Å². The number of hydrogen-bond donors (Lipinski definition) is 2. The SMILES string of the molecule is O=C(NCC1(N2CCOCC2)CCCCC1)C1CC2CCCCC2N1. The van der Waals surface area contributed by atoms with Crippen LogP contribution in [0.2, 0.25) is 0 Å². The fourth-order valence-electron chi connectivity index (χ4n) is 5.75. The van der Waals surface area contributed by atoms with Crippen molar-refractivity contribution in [1.82, 2.24) is 15.5 Å². The Kier molecular flexibility index (Phi) is 5.63. The normalized spacial score (nSPS) is 35.9. The molecule has 0 radical (unpaired) electrons. The quantitative estimate of drug-likeness (QED) is 0.816. The average molecular weight is 350 g/mol. The smallest absolute Gasteiger partial charge is 0.237 e. The molecule has 4 rings (SSSR count). The maximum absolute atomic E-state index is 12.8. The van der Waals surface area contributed by atoms with E-state index in [-0.39, 0.29) is 17.5 Å². The molecule has 2 N–H and O–H groups in total. The second-order valence-electron chi connectivity index (χ2n) is 8.71. The molecule has 2 heterocycles. The largest absolute Gasteiger partial charge is 0.379 e. The molecule has 2 saturated heterocycles. The molecular weight excluding hydrogens is 314 g/mol. The van der Waals surface area contributed by atoms with Gasteiger partial charge in [-0.2, -0.15) is 0 Å². The van der Waals surface area contributed by atoms with Crippen LogP contribution in [-0.4, -0.2) is 61.3 Å². The van der Waals surface area contributed by atoms with Gasteiger partial charge in [0.15, 0.2) is 0 Å². The first-order chi connectivity index (χ1) is 12.3. The van der Waals surface area contributed by atoms with E-state index in [1.165, 1.54) is 57.8 Å². The topological polar surface area (TPSA) is 53.6 Å². The van der Waals surface area contributed by atoms with E-state index in [1.54, 1.807) is 0 Å². The van der Waals surface area contributed by atoms with Crippen LogP contribution in [0, 0.1) is 5.92 Å². The number of fused-ring (bicyclic) bond motifs is 1. The van der Waals surface area contributed by atoms with Gasteiger partial charge in [-0.1, -0.05) is 32.1 Å². The van der Waals surface area contributed by atoms with Crippen molar-refractivity contribution in [2.24, 2.45) is 5.92 Å². The lowest BCUT2D eigenvalue weighted by molar-refractivity contribution is -0.124. The number of morpholine rings is 1. The second kappa shape index (κ2) is 7.93. The lowest BCUT2D eigenvalue weighted by atomic mass is 9.79. The highest BCUT2D eigenvalue weighted by Crippen LogP contribution is 2.35. The summed E-state index contributed by atoms with van der Waals surface area (Å²) in [5.41, 5.74) is 0.170. The van der Waals surface area contributed by atoms with Gasteiger partial charge in [0.05, 0.1) is 19.3 Å². The molecule has 142 valence electrons. The summed E-state index contributed by atoms with van der Waals surface area (Å²) in [6.07, 6.45) is 12.6. The maximum atomic E-state index is 12.8. The number of nitrogens with zero attached hydrogens (tertiary/aromatic N) is 1. The zero-order valence-corrected chi connectivity index (χ0v) is 15.6. The van der Waals surface area contributed by atoms with Crippen LogP contribution in [0.25, 0.3) is 0 Å². The summed E-state index contributed by atoms with van der Waals surface area (Å²) in [6.45, 7) is 4.52. The van der Waals surface area contributed by atoms with Crippen molar-refractivity contribution in [3.05, 3.63) is 0 Å². The number of carbonyl (C=O) groups excluding carboxylic acids is 1. The van der Waals surface area contributed by atoms with E-state index < -0.39 is 0 Å². The van der Waals surface area contributed by atoms with Gasteiger partial charge >= 0.3 is 0 Å². The van der Waals surface area contributed by atoms with Crippen LogP contribution < -0.4 is 10.6 Å². The van der Waals surface area contributed by atoms with Crippen molar-refractivity contribution in [2.75, 3.05) is 32.8 Å². The summed E-state index contributed by atoms with van der Waals surface area (Å²) < 4.78 is 5.56. The average Bonchev–Trinajstić information content (AvgIpc) is 3.12. The Labute approximate surface area is 152 Å². The summed E-state index contributed by atoms with van der Waals surface area (Å²) in [6, 6.07) is 0.630. The van der Waals surface area contributed by atoms with Gasteiger partial charge in [0.2, 0.25) is 5.91 Å². The molecule has 0 bridgehead atoms. The minimum atomic E-state index is 0.0402. The third-order valence-corrected chi connectivity index (χ3v) is 7.24. The van der Waals surface area contributed by atoms with Gasteiger partial charge < -0.3 is 15.4 Å². The summed E-state index contributed by atoms with van der Waals surface area (Å²) in [5.74, 6) is 0.972. The zero-order chi connectivity index (χ0) is 17.1. The van der Waals surface area contributed by atoms with E-state index in [0.29, 0.717) is 6.04 Å². The van der Waals surface area contributed by atoms with E-state index in [9.17, 15) is 4.79 Å². The number of amides is 1. The number of carbonyl (C=O) groups is 1.